The number of carbonyl (C=O) groups is 2. The molecule has 1 fully saturated rings. The van der Waals surface area contributed by atoms with Gasteiger partial charge in [-0.2, -0.15) is 0 Å². The zero-order valence-electron chi connectivity index (χ0n) is 14.7. The van der Waals surface area contributed by atoms with Crippen LogP contribution in [0.25, 0.3) is 0 Å². The third kappa shape index (κ3) is 5.94. The van der Waals surface area contributed by atoms with Crippen LogP contribution >= 0.6 is 0 Å². The van der Waals surface area contributed by atoms with E-state index >= 15 is 0 Å². The van der Waals surface area contributed by atoms with Gasteiger partial charge in [0.25, 0.3) is 5.91 Å². The van der Waals surface area contributed by atoms with Crippen molar-refractivity contribution in [1.29, 1.82) is 0 Å². The Morgan fingerprint density at radius 2 is 1.83 bits per heavy atom. The average molecular weight is 332 g/mol. The molecular weight excluding hydrogens is 304 g/mol. The first-order valence-electron chi connectivity index (χ1n) is 8.69. The van der Waals surface area contributed by atoms with Crippen LogP contribution in [-0.2, 0) is 4.79 Å². The first kappa shape index (κ1) is 18.4. The Labute approximate surface area is 144 Å². The van der Waals surface area contributed by atoms with Crippen molar-refractivity contribution in [3.8, 4) is 0 Å². The fourth-order valence-electron chi connectivity index (χ4n) is 2.88. The normalized spacial score (nSPS) is 15.9. The number of hydrogen-bond acceptors (Lipinski definition) is 4. The Morgan fingerprint density at radius 1 is 1.12 bits per heavy atom. The molecule has 2 N–H and O–H groups in total. The highest BCUT2D eigenvalue weighted by Gasteiger charge is 2.14. The van der Waals surface area contributed by atoms with Gasteiger partial charge in [-0.1, -0.05) is 13.0 Å². The second kappa shape index (κ2) is 9.39. The number of rotatable bonds is 7. The van der Waals surface area contributed by atoms with Crippen LogP contribution < -0.4 is 10.6 Å². The summed E-state index contributed by atoms with van der Waals surface area (Å²) >= 11 is 0. The summed E-state index contributed by atoms with van der Waals surface area (Å²) in [5, 5.41) is 5.64. The summed E-state index contributed by atoms with van der Waals surface area (Å²) in [7, 11) is 0. The second-order valence-corrected chi connectivity index (χ2v) is 6.15. The highest BCUT2D eigenvalue weighted by atomic mass is 16.2. The molecule has 0 unspecified atom stereocenters. The SMILES string of the molecule is CCN1CCN(CCCNC(=O)c2cccc(NC(C)=O)c2)CC1. The summed E-state index contributed by atoms with van der Waals surface area (Å²) < 4.78 is 0. The van der Waals surface area contributed by atoms with Gasteiger partial charge in [-0.15, -0.1) is 0 Å². The minimum absolute atomic E-state index is 0.0991. The van der Waals surface area contributed by atoms with Crippen molar-refractivity contribution in [1.82, 2.24) is 15.1 Å². The molecule has 1 heterocycles. The Balaban J connectivity index is 1.69. The zero-order valence-corrected chi connectivity index (χ0v) is 14.7. The number of likely N-dealkylation sites (N-methyl/N-ethyl adjacent to an activating group) is 1. The number of nitrogens with zero attached hydrogens (tertiary/aromatic N) is 2. The number of nitrogens with one attached hydrogen (secondary N) is 2. The number of hydrogen-bond donors (Lipinski definition) is 2. The summed E-state index contributed by atoms with van der Waals surface area (Å²) in [6.07, 6.45) is 0.948. The van der Waals surface area contributed by atoms with Crippen LogP contribution in [0.2, 0.25) is 0 Å². The van der Waals surface area contributed by atoms with Crippen molar-refractivity contribution in [2.24, 2.45) is 0 Å². The molecule has 0 radical (unpaired) electrons. The lowest BCUT2D eigenvalue weighted by Crippen LogP contribution is -2.46. The predicted molar refractivity (Wildman–Crippen MR) is 96.2 cm³/mol. The van der Waals surface area contributed by atoms with E-state index in [9.17, 15) is 9.59 Å². The number of benzene rings is 1. The van der Waals surface area contributed by atoms with E-state index < -0.39 is 0 Å². The summed E-state index contributed by atoms with van der Waals surface area (Å²) in [5.74, 6) is -0.242. The molecule has 6 heteroatoms. The number of anilines is 1. The van der Waals surface area contributed by atoms with Gasteiger partial charge in [0.2, 0.25) is 5.91 Å². The lowest BCUT2D eigenvalue weighted by atomic mass is 10.2. The zero-order chi connectivity index (χ0) is 17.4. The molecule has 1 aliphatic heterocycles. The molecular formula is C18H28N4O2. The first-order chi connectivity index (χ1) is 11.6. The molecule has 2 amide bonds. The first-order valence-corrected chi connectivity index (χ1v) is 8.69. The van der Waals surface area contributed by atoms with Gasteiger partial charge >= 0.3 is 0 Å². The average Bonchev–Trinajstić information content (AvgIpc) is 2.58. The lowest BCUT2D eigenvalue weighted by molar-refractivity contribution is -0.114. The maximum atomic E-state index is 12.2. The molecule has 0 saturated carbocycles. The Bertz CT molecular complexity index is 554. The quantitative estimate of drug-likeness (QED) is 0.741. The molecule has 0 bridgehead atoms. The van der Waals surface area contributed by atoms with Crippen molar-refractivity contribution in [2.75, 3.05) is 51.1 Å². The molecule has 24 heavy (non-hydrogen) atoms. The summed E-state index contributed by atoms with van der Waals surface area (Å²) in [4.78, 5) is 28.2. The fraction of sp³-hybridized carbons (Fsp3) is 0.556. The fourth-order valence-corrected chi connectivity index (χ4v) is 2.88. The molecule has 6 nitrogen and oxygen atoms in total. The van der Waals surface area contributed by atoms with Gasteiger partial charge in [0.05, 0.1) is 0 Å². The minimum Gasteiger partial charge on any atom is -0.352 e. The molecule has 0 aromatic heterocycles. The van der Waals surface area contributed by atoms with Crippen molar-refractivity contribution < 1.29 is 9.59 Å². The summed E-state index contributed by atoms with van der Waals surface area (Å²) in [6, 6.07) is 6.99. The Kier molecular flexibility index (Phi) is 7.21. The molecule has 1 aromatic carbocycles. The molecule has 1 saturated heterocycles. The van der Waals surface area contributed by atoms with E-state index in [1.54, 1.807) is 24.3 Å². The van der Waals surface area contributed by atoms with Crippen molar-refractivity contribution in [2.45, 2.75) is 20.3 Å². The Morgan fingerprint density at radius 3 is 2.50 bits per heavy atom. The molecule has 132 valence electrons. The van der Waals surface area contributed by atoms with Gasteiger partial charge in [0, 0.05) is 50.9 Å². The summed E-state index contributed by atoms with van der Waals surface area (Å²) in [6.45, 7) is 11.0. The highest BCUT2D eigenvalue weighted by molar-refractivity contribution is 5.96. The van der Waals surface area contributed by atoms with E-state index in [4.69, 9.17) is 0 Å². The highest BCUT2D eigenvalue weighted by Crippen LogP contribution is 2.10. The van der Waals surface area contributed by atoms with Crippen LogP contribution in [0.4, 0.5) is 5.69 Å². The largest absolute Gasteiger partial charge is 0.352 e. The minimum atomic E-state index is -0.143. The van der Waals surface area contributed by atoms with Crippen LogP contribution in [0, 0.1) is 0 Å². The van der Waals surface area contributed by atoms with Crippen LogP contribution in [0.1, 0.15) is 30.6 Å². The molecule has 1 aromatic rings. The van der Waals surface area contributed by atoms with Gasteiger partial charge < -0.3 is 20.4 Å². The molecule has 0 spiro atoms. The summed E-state index contributed by atoms with van der Waals surface area (Å²) in [5.41, 5.74) is 1.21. The van der Waals surface area contributed by atoms with Crippen molar-refractivity contribution in [3.05, 3.63) is 29.8 Å². The van der Waals surface area contributed by atoms with Crippen LogP contribution in [-0.4, -0.2) is 67.4 Å². The van der Waals surface area contributed by atoms with Crippen LogP contribution in [0.5, 0.6) is 0 Å². The van der Waals surface area contributed by atoms with Gasteiger partial charge in [0.1, 0.15) is 0 Å². The Hall–Kier alpha value is -1.92. The smallest absolute Gasteiger partial charge is 0.251 e. The molecule has 2 rings (SSSR count). The molecule has 0 atom stereocenters. The monoisotopic (exact) mass is 332 g/mol. The predicted octanol–water partition coefficient (Wildman–Crippen LogP) is 1.40. The van der Waals surface area contributed by atoms with E-state index in [0.717, 1.165) is 45.7 Å². The standard InChI is InChI=1S/C18H28N4O2/c1-3-21-10-12-22(13-11-21)9-5-8-19-18(24)16-6-4-7-17(14-16)20-15(2)23/h4,6-7,14H,3,5,8-13H2,1-2H3,(H,19,24)(H,20,23). The van der Waals surface area contributed by atoms with E-state index in [2.05, 4.69) is 27.4 Å². The van der Waals surface area contributed by atoms with E-state index in [1.807, 2.05) is 0 Å². The molecule has 0 aliphatic carbocycles. The van der Waals surface area contributed by atoms with Crippen molar-refractivity contribution >= 4 is 17.5 Å². The van der Waals surface area contributed by atoms with Gasteiger partial charge in [-0.05, 0) is 37.7 Å². The second-order valence-electron chi connectivity index (χ2n) is 6.15. The van der Waals surface area contributed by atoms with Crippen LogP contribution in [0.15, 0.2) is 24.3 Å². The number of amides is 2. The van der Waals surface area contributed by atoms with Crippen LogP contribution in [0.3, 0.4) is 0 Å². The number of piperazine rings is 1. The third-order valence-electron chi connectivity index (χ3n) is 4.29. The van der Waals surface area contributed by atoms with Gasteiger partial charge in [-0.25, -0.2) is 0 Å². The maximum absolute atomic E-state index is 12.2. The van der Waals surface area contributed by atoms with E-state index in [1.165, 1.54) is 6.92 Å². The lowest BCUT2D eigenvalue weighted by Gasteiger charge is -2.33. The van der Waals surface area contributed by atoms with Gasteiger partial charge in [0.15, 0.2) is 0 Å². The van der Waals surface area contributed by atoms with E-state index in [0.29, 0.717) is 17.8 Å². The van der Waals surface area contributed by atoms with Crippen molar-refractivity contribution in [3.63, 3.8) is 0 Å². The topological polar surface area (TPSA) is 64.7 Å². The van der Waals surface area contributed by atoms with E-state index in [-0.39, 0.29) is 11.8 Å². The molecule has 1 aliphatic rings. The maximum Gasteiger partial charge on any atom is 0.251 e. The third-order valence-corrected chi connectivity index (χ3v) is 4.29. The number of carbonyl (C=O) groups excluding carboxylic acids is 2. The van der Waals surface area contributed by atoms with Gasteiger partial charge in [-0.3, -0.25) is 9.59 Å².